The highest BCUT2D eigenvalue weighted by atomic mass is 79.9. The number of rotatable bonds is 4. The second-order valence-corrected chi connectivity index (χ2v) is 11.5. The quantitative estimate of drug-likeness (QED) is 0.338. The van der Waals surface area contributed by atoms with Gasteiger partial charge in [-0.05, 0) is 39.3 Å². The minimum atomic E-state index is -2.38. The number of halogens is 1. The van der Waals surface area contributed by atoms with Gasteiger partial charge in [-0.25, -0.2) is 0 Å². The molecule has 0 fully saturated rings. The van der Waals surface area contributed by atoms with E-state index in [2.05, 4.69) is 132 Å². The van der Waals surface area contributed by atoms with Crippen LogP contribution in [0.15, 0.2) is 114 Å². The lowest BCUT2D eigenvalue weighted by molar-refractivity contribution is 1.45. The zero-order chi connectivity index (χ0) is 18.7. The fourth-order valence-electron chi connectivity index (χ4n) is 3.94. The van der Waals surface area contributed by atoms with Crippen LogP contribution in [0.25, 0.3) is 0 Å². The van der Waals surface area contributed by atoms with Gasteiger partial charge in [0, 0.05) is 4.47 Å². The molecule has 0 saturated heterocycles. The van der Waals surface area contributed by atoms with Crippen molar-refractivity contribution in [3.05, 3.63) is 119 Å². The third-order valence-corrected chi connectivity index (χ3v) is 10.9. The van der Waals surface area contributed by atoms with Gasteiger partial charge in [0.1, 0.15) is 0 Å². The Morgan fingerprint density at radius 2 is 0.926 bits per heavy atom. The molecule has 0 unspecified atom stereocenters. The predicted molar refractivity (Wildman–Crippen MR) is 122 cm³/mol. The summed E-state index contributed by atoms with van der Waals surface area (Å²) in [4.78, 5) is 0. The van der Waals surface area contributed by atoms with E-state index in [4.69, 9.17) is 0 Å². The Morgan fingerprint density at radius 1 is 0.519 bits per heavy atom. The largest absolute Gasteiger partial charge is 0.179 e. The molecule has 0 atom stereocenters. The first-order chi connectivity index (χ1) is 13.2. The van der Waals surface area contributed by atoms with Crippen molar-refractivity contribution in [2.45, 2.75) is 6.92 Å². The van der Waals surface area contributed by atoms with Crippen molar-refractivity contribution in [1.29, 1.82) is 0 Å². The van der Waals surface area contributed by atoms with E-state index in [1.54, 1.807) is 0 Å². The maximum Gasteiger partial charge on any atom is 0.179 e. The molecule has 0 amide bonds. The number of hydrogen-bond acceptors (Lipinski definition) is 0. The smallest absolute Gasteiger partial charge is 0.0623 e. The zero-order valence-electron chi connectivity index (χ0n) is 15.3. The van der Waals surface area contributed by atoms with Crippen LogP contribution in [-0.2, 0) is 0 Å². The van der Waals surface area contributed by atoms with Crippen LogP contribution in [0, 0.1) is 6.92 Å². The molecule has 0 N–H and O–H groups in total. The van der Waals surface area contributed by atoms with Crippen LogP contribution >= 0.6 is 15.9 Å². The minimum absolute atomic E-state index is 1.16. The molecular formula is C25H21BrSi. The van der Waals surface area contributed by atoms with Crippen molar-refractivity contribution in [3.8, 4) is 0 Å². The Bertz CT molecular complexity index is 931. The first-order valence-corrected chi connectivity index (χ1v) is 12.0. The lowest BCUT2D eigenvalue weighted by Gasteiger charge is -2.34. The molecule has 27 heavy (non-hydrogen) atoms. The van der Waals surface area contributed by atoms with Crippen molar-refractivity contribution in [2.24, 2.45) is 0 Å². The average Bonchev–Trinajstić information content (AvgIpc) is 2.74. The van der Waals surface area contributed by atoms with E-state index < -0.39 is 8.07 Å². The van der Waals surface area contributed by atoms with Crippen molar-refractivity contribution in [1.82, 2.24) is 0 Å². The molecule has 4 aromatic rings. The summed E-state index contributed by atoms with van der Waals surface area (Å²) in [5.74, 6) is 0. The summed E-state index contributed by atoms with van der Waals surface area (Å²) in [5, 5.41) is 5.63. The van der Waals surface area contributed by atoms with Crippen LogP contribution in [-0.4, -0.2) is 8.07 Å². The molecule has 0 radical (unpaired) electrons. The Balaban J connectivity index is 2.14. The molecule has 0 heterocycles. The van der Waals surface area contributed by atoms with Gasteiger partial charge in [0.2, 0.25) is 0 Å². The van der Waals surface area contributed by atoms with Crippen LogP contribution in [0.1, 0.15) is 5.56 Å². The Hall–Kier alpha value is -2.42. The summed E-state index contributed by atoms with van der Waals surface area (Å²) >= 11 is 3.68. The van der Waals surface area contributed by atoms with Crippen molar-refractivity contribution >= 4 is 44.8 Å². The fourth-order valence-corrected chi connectivity index (χ4v) is 9.03. The summed E-state index contributed by atoms with van der Waals surface area (Å²) < 4.78 is 1.16. The highest BCUT2D eigenvalue weighted by molar-refractivity contribution is 9.10. The number of benzene rings is 4. The molecule has 0 spiro atoms. The maximum atomic E-state index is 3.68. The molecule has 132 valence electrons. The first-order valence-electron chi connectivity index (χ1n) is 9.16. The molecule has 0 saturated carbocycles. The Kier molecular flexibility index (Phi) is 5.10. The first kappa shape index (κ1) is 18.0. The zero-order valence-corrected chi connectivity index (χ0v) is 17.9. The van der Waals surface area contributed by atoms with E-state index in [-0.39, 0.29) is 0 Å². The van der Waals surface area contributed by atoms with Crippen molar-refractivity contribution in [3.63, 3.8) is 0 Å². The lowest BCUT2D eigenvalue weighted by atomic mass is 10.2. The highest BCUT2D eigenvalue weighted by Crippen LogP contribution is 2.16. The SMILES string of the molecule is Cc1cc([Si](c2ccccc2)(c2ccccc2)c2ccccc2)ccc1Br. The van der Waals surface area contributed by atoms with Gasteiger partial charge in [0.15, 0.2) is 8.07 Å². The third kappa shape index (κ3) is 3.20. The van der Waals surface area contributed by atoms with Gasteiger partial charge < -0.3 is 0 Å². The maximum absolute atomic E-state index is 3.68. The van der Waals surface area contributed by atoms with Gasteiger partial charge in [-0.1, -0.05) is 119 Å². The molecular weight excluding hydrogens is 408 g/mol. The van der Waals surface area contributed by atoms with Gasteiger partial charge in [0.05, 0.1) is 0 Å². The molecule has 0 aliphatic heterocycles. The van der Waals surface area contributed by atoms with Gasteiger partial charge >= 0.3 is 0 Å². The third-order valence-electron chi connectivity index (χ3n) is 5.21. The van der Waals surface area contributed by atoms with Gasteiger partial charge in [-0.15, -0.1) is 0 Å². The van der Waals surface area contributed by atoms with Crippen LogP contribution in [0.4, 0.5) is 0 Å². The van der Waals surface area contributed by atoms with E-state index in [0.29, 0.717) is 0 Å². The van der Waals surface area contributed by atoms with Crippen LogP contribution < -0.4 is 20.7 Å². The molecule has 4 rings (SSSR count). The normalized spacial score (nSPS) is 11.3. The second kappa shape index (κ2) is 7.67. The number of aryl methyl sites for hydroxylation is 1. The molecule has 0 nitrogen and oxygen atoms in total. The topological polar surface area (TPSA) is 0 Å². The summed E-state index contributed by atoms with van der Waals surface area (Å²) in [5.41, 5.74) is 1.27. The van der Waals surface area contributed by atoms with E-state index >= 15 is 0 Å². The van der Waals surface area contributed by atoms with E-state index in [0.717, 1.165) is 4.47 Å². The van der Waals surface area contributed by atoms with E-state index in [1.807, 2.05) is 0 Å². The van der Waals surface area contributed by atoms with Crippen molar-refractivity contribution in [2.75, 3.05) is 0 Å². The molecule has 0 bridgehead atoms. The summed E-state index contributed by atoms with van der Waals surface area (Å²) in [6, 6.07) is 39.9. The molecule has 0 aliphatic rings. The predicted octanol–water partition coefficient (Wildman–Crippen LogP) is 4.13. The Labute approximate surface area is 170 Å². The highest BCUT2D eigenvalue weighted by Gasteiger charge is 2.41. The molecule has 0 aliphatic carbocycles. The van der Waals surface area contributed by atoms with Crippen LogP contribution in [0.2, 0.25) is 0 Å². The molecule has 4 aromatic carbocycles. The van der Waals surface area contributed by atoms with Crippen LogP contribution in [0.3, 0.4) is 0 Å². The average molecular weight is 429 g/mol. The standard InChI is InChI=1S/C25H21BrSi/c1-20-19-24(17-18-25(20)26)27(21-11-5-2-6-12-21,22-13-7-3-8-14-22)23-15-9-4-10-16-23/h2-19H,1H3. The second-order valence-electron chi connectivity index (χ2n) is 6.81. The van der Waals surface area contributed by atoms with Gasteiger partial charge in [0.25, 0.3) is 0 Å². The lowest BCUT2D eigenvalue weighted by Crippen LogP contribution is -2.74. The Morgan fingerprint density at radius 3 is 1.30 bits per heavy atom. The van der Waals surface area contributed by atoms with Crippen LogP contribution in [0.5, 0.6) is 0 Å². The monoisotopic (exact) mass is 428 g/mol. The molecule has 0 aromatic heterocycles. The summed E-state index contributed by atoms with van der Waals surface area (Å²) in [6.07, 6.45) is 0. The number of hydrogen-bond donors (Lipinski definition) is 0. The van der Waals surface area contributed by atoms with E-state index in [9.17, 15) is 0 Å². The van der Waals surface area contributed by atoms with Gasteiger partial charge in [-0.3, -0.25) is 0 Å². The summed E-state index contributed by atoms with van der Waals surface area (Å²) in [6.45, 7) is 2.17. The van der Waals surface area contributed by atoms with Crippen molar-refractivity contribution < 1.29 is 0 Å². The van der Waals surface area contributed by atoms with E-state index in [1.165, 1.54) is 26.3 Å². The van der Waals surface area contributed by atoms with Gasteiger partial charge in [-0.2, -0.15) is 0 Å². The minimum Gasteiger partial charge on any atom is -0.0623 e. The fraction of sp³-hybridized carbons (Fsp3) is 0.0400. The molecule has 2 heteroatoms. The summed E-state index contributed by atoms with van der Waals surface area (Å²) in [7, 11) is -2.38.